The van der Waals surface area contributed by atoms with Gasteiger partial charge in [-0.3, -0.25) is 9.59 Å². The van der Waals surface area contributed by atoms with E-state index < -0.39 is 6.10 Å². The van der Waals surface area contributed by atoms with Crippen LogP contribution in [0, 0.1) is 0 Å². The van der Waals surface area contributed by atoms with Gasteiger partial charge in [-0.25, -0.2) is 0 Å². The van der Waals surface area contributed by atoms with Crippen LogP contribution in [-0.2, 0) is 16.1 Å². The van der Waals surface area contributed by atoms with Crippen molar-refractivity contribution in [2.24, 2.45) is 0 Å². The molecule has 1 heterocycles. The number of ether oxygens (including phenoxy) is 2. The fourth-order valence-electron chi connectivity index (χ4n) is 3.28. The number of anilines is 2. The highest BCUT2D eigenvalue weighted by molar-refractivity contribution is 9.10. The van der Waals surface area contributed by atoms with Crippen LogP contribution in [0.1, 0.15) is 12.5 Å². The van der Waals surface area contributed by atoms with Gasteiger partial charge in [-0.05, 0) is 61.0 Å². The highest BCUT2D eigenvalue weighted by Crippen LogP contribution is 2.36. The quantitative estimate of drug-likeness (QED) is 0.404. The Labute approximate surface area is 209 Å². The topological polar surface area (TPSA) is 67.9 Å². The number of fused-ring (bicyclic) bond motifs is 1. The third-order valence-electron chi connectivity index (χ3n) is 4.99. The van der Waals surface area contributed by atoms with Crippen LogP contribution >= 0.6 is 39.1 Å². The predicted octanol–water partition coefficient (Wildman–Crippen LogP) is 6.09. The van der Waals surface area contributed by atoms with Gasteiger partial charge in [0, 0.05) is 15.2 Å². The van der Waals surface area contributed by atoms with Crippen LogP contribution < -0.4 is 19.7 Å². The molecule has 1 aliphatic rings. The number of halogens is 3. The van der Waals surface area contributed by atoms with Crippen molar-refractivity contribution in [2.75, 3.05) is 16.8 Å². The van der Waals surface area contributed by atoms with E-state index in [2.05, 4.69) is 21.2 Å². The van der Waals surface area contributed by atoms with Gasteiger partial charge in [0.15, 0.2) is 12.7 Å². The lowest BCUT2D eigenvalue weighted by Gasteiger charge is -2.30. The molecular formula is C24H19BrCl2N2O4. The molecule has 1 N–H and O–H groups in total. The fourth-order valence-corrected chi connectivity index (χ4v) is 4.00. The number of nitrogens with one attached hydrogen (secondary N) is 1. The number of hydrogen-bond acceptors (Lipinski definition) is 4. The average molecular weight is 550 g/mol. The number of carbonyl (C=O) groups is 2. The summed E-state index contributed by atoms with van der Waals surface area (Å²) in [6.07, 6.45) is -0.823. The van der Waals surface area contributed by atoms with Gasteiger partial charge in [0.2, 0.25) is 0 Å². The van der Waals surface area contributed by atoms with E-state index >= 15 is 0 Å². The highest BCUT2D eigenvalue weighted by Gasteiger charge is 2.26. The Hall–Kier alpha value is -2.74. The summed E-state index contributed by atoms with van der Waals surface area (Å²) in [6, 6.07) is 17.7. The summed E-state index contributed by atoms with van der Waals surface area (Å²) < 4.78 is 12.2. The predicted molar refractivity (Wildman–Crippen MR) is 132 cm³/mol. The van der Waals surface area contributed by atoms with Crippen LogP contribution in [0.15, 0.2) is 65.1 Å². The Bertz CT molecular complexity index is 1200. The zero-order valence-corrected chi connectivity index (χ0v) is 20.6. The molecule has 6 nitrogen and oxygen atoms in total. The molecule has 0 aliphatic carbocycles. The molecule has 0 saturated heterocycles. The minimum absolute atomic E-state index is 0.0397. The highest BCUT2D eigenvalue weighted by atomic mass is 79.9. The molecule has 3 aromatic rings. The van der Waals surface area contributed by atoms with E-state index in [1.807, 2.05) is 24.3 Å². The average Bonchev–Trinajstić information content (AvgIpc) is 2.79. The van der Waals surface area contributed by atoms with E-state index in [-0.39, 0.29) is 18.4 Å². The maximum absolute atomic E-state index is 12.7. The standard InChI is InChI=1S/C24H19BrCl2N2O4/c1-14(33-21-8-6-17(26)10-19(21)27)24(31)28-18-7-9-22-20(11-18)29(23(30)13-32-22)12-15-2-4-16(25)5-3-15/h2-11,14H,12-13H2,1H3,(H,28,31). The van der Waals surface area contributed by atoms with Gasteiger partial charge in [-0.1, -0.05) is 51.3 Å². The Balaban J connectivity index is 1.50. The minimum atomic E-state index is -0.823. The lowest BCUT2D eigenvalue weighted by Crippen LogP contribution is -2.38. The van der Waals surface area contributed by atoms with E-state index in [0.29, 0.717) is 39.5 Å². The Morgan fingerprint density at radius 1 is 1.15 bits per heavy atom. The van der Waals surface area contributed by atoms with Crippen molar-refractivity contribution in [1.29, 1.82) is 0 Å². The molecule has 0 saturated carbocycles. The summed E-state index contributed by atoms with van der Waals surface area (Å²) in [4.78, 5) is 26.9. The first-order valence-corrected chi connectivity index (χ1v) is 11.6. The summed E-state index contributed by atoms with van der Waals surface area (Å²) in [7, 11) is 0. The first-order chi connectivity index (χ1) is 15.8. The van der Waals surface area contributed by atoms with Gasteiger partial charge in [-0.2, -0.15) is 0 Å². The zero-order valence-electron chi connectivity index (χ0n) is 17.5. The number of rotatable bonds is 6. The van der Waals surface area contributed by atoms with E-state index in [1.54, 1.807) is 48.2 Å². The van der Waals surface area contributed by atoms with Crippen LogP contribution in [0.4, 0.5) is 11.4 Å². The number of amides is 2. The summed E-state index contributed by atoms with van der Waals surface area (Å²) in [5, 5.41) is 3.61. The number of benzene rings is 3. The Kier molecular flexibility index (Phi) is 7.12. The maximum Gasteiger partial charge on any atom is 0.265 e. The smallest absolute Gasteiger partial charge is 0.265 e. The monoisotopic (exact) mass is 548 g/mol. The molecule has 170 valence electrons. The molecule has 9 heteroatoms. The normalized spacial score (nSPS) is 13.7. The van der Waals surface area contributed by atoms with E-state index in [1.165, 1.54) is 0 Å². The lowest BCUT2D eigenvalue weighted by atomic mass is 10.1. The Morgan fingerprint density at radius 2 is 1.91 bits per heavy atom. The van der Waals surface area contributed by atoms with Crippen LogP contribution in [0.5, 0.6) is 11.5 Å². The van der Waals surface area contributed by atoms with E-state index in [0.717, 1.165) is 10.0 Å². The minimum Gasteiger partial charge on any atom is -0.482 e. The largest absolute Gasteiger partial charge is 0.482 e. The van der Waals surface area contributed by atoms with Crippen molar-refractivity contribution in [1.82, 2.24) is 0 Å². The third kappa shape index (κ3) is 5.61. The summed E-state index contributed by atoms with van der Waals surface area (Å²) >= 11 is 15.4. The van der Waals surface area contributed by atoms with Crippen LogP contribution in [-0.4, -0.2) is 24.5 Å². The van der Waals surface area contributed by atoms with Gasteiger partial charge in [0.05, 0.1) is 17.3 Å². The van der Waals surface area contributed by atoms with Crippen molar-refractivity contribution in [3.63, 3.8) is 0 Å². The molecule has 3 aromatic carbocycles. The van der Waals surface area contributed by atoms with Gasteiger partial charge in [-0.15, -0.1) is 0 Å². The van der Waals surface area contributed by atoms with E-state index in [4.69, 9.17) is 32.7 Å². The SMILES string of the molecule is CC(Oc1ccc(Cl)cc1Cl)C(=O)Nc1ccc2c(c1)N(Cc1ccc(Br)cc1)C(=O)CO2. The fraction of sp³-hybridized carbons (Fsp3) is 0.167. The van der Waals surface area contributed by atoms with Crippen molar-refractivity contribution in [3.8, 4) is 11.5 Å². The van der Waals surface area contributed by atoms with E-state index in [9.17, 15) is 9.59 Å². The molecule has 1 aliphatic heterocycles. The molecule has 0 radical (unpaired) electrons. The molecular weight excluding hydrogens is 531 g/mol. The van der Waals surface area contributed by atoms with Crippen LogP contribution in [0.2, 0.25) is 10.0 Å². The summed E-state index contributed by atoms with van der Waals surface area (Å²) in [5.41, 5.74) is 2.06. The second-order valence-corrected chi connectivity index (χ2v) is 9.16. The molecule has 0 spiro atoms. The molecule has 0 bridgehead atoms. The van der Waals surface area contributed by atoms with Gasteiger partial charge < -0.3 is 19.7 Å². The van der Waals surface area contributed by atoms with Crippen molar-refractivity contribution < 1.29 is 19.1 Å². The molecule has 0 aromatic heterocycles. The molecule has 0 fully saturated rings. The molecule has 4 rings (SSSR count). The maximum atomic E-state index is 12.7. The first kappa shape index (κ1) is 23.4. The first-order valence-electron chi connectivity index (χ1n) is 10.0. The zero-order chi connectivity index (χ0) is 23.5. The number of hydrogen-bond donors (Lipinski definition) is 1. The summed E-state index contributed by atoms with van der Waals surface area (Å²) in [5.74, 6) is 0.391. The molecule has 1 unspecified atom stereocenters. The van der Waals surface area contributed by atoms with Gasteiger partial charge in [0.25, 0.3) is 11.8 Å². The second kappa shape index (κ2) is 10.0. The van der Waals surface area contributed by atoms with Crippen LogP contribution in [0.25, 0.3) is 0 Å². The third-order valence-corrected chi connectivity index (χ3v) is 6.05. The summed E-state index contributed by atoms with van der Waals surface area (Å²) in [6.45, 7) is 1.96. The van der Waals surface area contributed by atoms with Gasteiger partial charge >= 0.3 is 0 Å². The van der Waals surface area contributed by atoms with Crippen molar-refractivity contribution >= 4 is 62.3 Å². The van der Waals surface area contributed by atoms with Crippen molar-refractivity contribution in [2.45, 2.75) is 19.6 Å². The number of carbonyl (C=O) groups excluding carboxylic acids is 2. The van der Waals surface area contributed by atoms with Crippen molar-refractivity contribution in [3.05, 3.63) is 80.7 Å². The molecule has 33 heavy (non-hydrogen) atoms. The molecule has 2 amide bonds. The lowest BCUT2D eigenvalue weighted by molar-refractivity contribution is -0.122. The molecule has 1 atom stereocenters. The number of nitrogens with zero attached hydrogens (tertiary/aromatic N) is 1. The Morgan fingerprint density at radius 3 is 2.64 bits per heavy atom. The second-order valence-electron chi connectivity index (χ2n) is 7.40. The van der Waals surface area contributed by atoms with Crippen LogP contribution in [0.3, 0.4) is 0 Å². The van der Waals surface area contributed by atoms with Gasteiger partial charge in [0.1, 0.15) is 11.5 Å².